The smallest absolute Gasteiger partial charge is 0.264 e. The molecular formula is C15H14N2O3S. The molecule has 3 rings (SSSR count). The van der Waals surface area contributed by atoms with E-state index in [4.69, 9.17) is 4.74 Å². The first kappa shape index (κ1) is 13.6. The predicted octanol–water partition coefficient (Wildman–Crippen LogP) is 2.35. The molecule has 0 radical (unpaired) electrons. The number of para-hydroxylation sites is 1. The fraction of sp³-hybridized carbons (Fsp3) is 0.200. The fourth-order valence-corrected chi connectivity index (χ4v) is 3.06. The lowest BCUT2D eigenvalue weighted by molar-refractivity contribution is -0.116. The second kappa shape index (κ2) is 5.57. The number of thiophene rings is 1. The molecule has 1 aromatic carbocycles. The van der Waals surface area contributed by atoms with Gasteiger partial charge in [-0.3, -0.25) is 9.59 Å². The molecule has 1 aromatic heterocycles. The van der Waals surface area contributed by atoms with Crippen LogP contribution in [0, 0.1) is 0 Å². The normalized spacial score (nSPS) is 14.1. The summed E-state index contributed by atoms with van der Waals surface area (Å²) in [7, 11) is 1.56. The largest absolute Gasteiger partial charge is 0.496 e. The lowest BCUT2D eigenvalue weighted by atomic mass is 10.1. The molecule has 0 atom stereocenters. The van der Waals surface area contributed by atoms with E-state index in [1.165, 1.54) is 11.3 Å². The van der Waals surface area contributed by atoms with E-state index in [0.29, 0.717) is 17.2 Å². The summed E-state index contributed by atoms with van der Waals surface area (Å²) in [6, 6.07) is 9.21. The van der Waals surface area contributed by atoms with E-state index >= 15 is 0 Å². The van der Waals surface area contributed by atoms with Crippen LogP contribution in [0.1, 0.15) is 15.2 Å². The minimum atomic E-state index is -0.183. The van der Waals surface area contributed by atoms with Crippen molar-refractivity contribution in [2.75, 3.05) is 19.0 Å². The third-order valence-corrected chi connectivity index (χ3v) is 4.19. The second-order valence-corrected chi connectivity index (χ2v) is 5.63. The first-order valence-electron chi connectivity index (χ1n) is 6.47. The van der Waals surface area contributed by atoms with Crippen LogP contribution in [0.15, 0.2) is 35.7 Å². The number of rotatable bonds is 2. The van der Waals surface area contributed by atoms with Gasteiger partial charge in [-0.05, 0) is 11.6 Å². The lowest BCUT2D eigenvalue weighted by Crippen LogP contribution is -2.34. The van der Waals surface area contributed by atoms with Gasteiger partial charge in [-0.2, -0.15) is 0 Å². The Labute approximate surface area is 126 Å². The maximum Gasteiger partial charge on any atom is 0.264 e. The first-order valence-corrected chi connectivity index (χ1v) is 7.35. The quantitative estimate of drug-likeness (QED) is 0.926. The van der Waals surface area contributed by atoms with Gasteiger partial charge in [-0.25, -0.2) is 0 Å². The highest BCUT2D eigenvalue weighted by Gasteiger charge is 2.24. The Morgan fingerprint density at radius 3 is 2.90 bits per heavy atom. The average molecular weight is 302 g/mol. The summed E-state index contributed by atoms with van der Waals surface area (Å²) >= 11 is 1.32. The number of nitrogens with zero attached hydrogens (tertiary/aromatic N) is 1. The van der Waals surface area contributed by atoms with E-state index in [2.05, 4.69) is 5.32 Å². The molecule has 2 amide bonds. The van der Waals surface area contributed by atoms with Gasteiger partial charge in [0.25, 0.3) is 5.91 Å². The third kappa shape index (κ3) is 2.75. The van der Waals surface area contributed by atoms with Crippen LogP contribution < -0.4 is 10.1 Å². The number of benzene rings is 1. The molecule has 0 saturated heterocycles. The van der Waals surface area contributed by atoms with E-state index in [1.54, 1.807) is 23.5 Å². The Morgan fingerprint density at radius 1 is 1.33 bits per heavy atom. The van der Waals surface area contributed by atoms with Crippen LogP contribution >= 0.6 is 11.3 Å². The number of methoxy groups -OCH3 is 1. The topological polar surface area (TPSA) is 58.6 Å². The van der Waals surface area contributed by atoms with Gasteiger partial charge >= 0.3 is 0 Å². The van der Waals surface area contributed by atoms with E-state index in [1.807, 2.05) is 24.3 Å². The number of anilines is 1. The van der Waals surface area contributed by atoms with Crippen LogP contribution in [0.2, 0.25) is 0 Å². The number of carbonyl (C=O) groups is 2. The van der Waals surface area contributed by atoms with E-state index in [9.17, 15) is 9.59 Å². The molecule has 108 valence electrons. The maximum atomic E-state index is 12.5. The summed E-state index contributed by atoms with van der Waals surface area (Å²) < 4.78 is 5.09. The fourth-order valence-electron chi connectivity index (χ4n) is 2.24. The monoisotopic (exact) mass is 302 g/mol. The van der Waals surface area contributed by atoms with Gasteiger partial charge in [0.15, 0.2) is 0 Å². The molecule has 2 heterocycles. The summed E-state index contributed by atoms with van der Waals surface area (Å²) in [5.41, 5.74) is 1.70. The summed E-state index contributed by atoms with van der Waals surface area (Å²) in [5, 5.41) is 4.60. The van der Waals surface area contributed by atoms with Gasteiger partial charge in [0.05, 0.1) is 12.0 Å². The second-order valence-electron chi connectivity index (χ2n) is 4.72. The zero-order valence-corrected chi connectivity index (χ0v) is 12.3. The van der Waals surface area contributed by atoms with Crippen molar-refractivity contribution >= 4 is 28.8 Å². The SMILES string of the molecule is COc1csc(C(=O)N2CC(=O)Nc3ccccc3C2)c1. The number of nitrogens with one attached hydrogen (secondary N) is 1. The molecule has 5 nitrogen and oxygen atoms in total. The van der Waals surface area contributed by atoms with Crippen molar-refractivity contribution < 1.29 is 14.3 Å². The van der Waals surface area contributed by atoms with Gasteiger partial charge in [-0.1, -0.05) is 18.2 Å². The van der Waals surface area contributed by atoms with E-state index in [0.717, 1.165) is 11.3 Å². The van der Waals surface area contributed by atoms with E-state index < -0.39 is 0 Å². The highest BCUT2D eigenvalue weighted by atomic mass is 32.1. The van der Waals surface area contributed by atoms with Crippen molar-refractivity contribution in [2.24, 2.45) is 0 Å². The molecule has 0 aliphatic carbocycles. The van der Waals surface area contributed by atoms with Crippen molar-refractivity contribution in [2.45, 2.75) is 6.54 Å². The van der Waals surface area contributed by atoms with Crippen molar-refractivity contribution in [3.05, 3.63) is 46.2 Å². The molecule has 2 aromatic rings. The zero-order chi connectivity index (χ0) is 14.8. The molecule has 1 N–H and O–H groups in total. The Hall–Kier alpha value is -2.34. The predicted molar refractivity (Wildman–Crippen MR) is 80.7 cm³/mol. The lowest BCUT2D eigenvalue weighted by Gasteiger charge is -2.18. The van der Waals surface area contributed by atoms with Crippen LogP contribution in [-0.4, -0.2) is 30.4 Å². The highest BCUT2D eigenvalue weighted by Crippen LogP contribution is 2.25. The molecule has 0 saturated carbocycles. The molecular weight excluding hydrogens is 288 g/mol. The number of fused-ring (bicyclic) bond motifs is 1. The van der Waals surface area contributed by atoms with Crippen LogP contribution in [0.25, 0.3) is 0 Å². The molecule has 21 heavy (non-hydrogen) atoms. The summed E-state index contributed by atoms with van der Waals surface area (Å²) in [6.45, 7) is 0.460. The number of carbonyl (C=O) groups excluding carboxylic acids is 2. The van der Waals surface area contributed by atoms with Crippen molar-refractivity contribution in [3.63, 3.8) is 0 Å². The minimum Gasteiger partial charge on any atom is -0.496 e. The third-order valence-electron chi connectivity index (χ3n) is 3.30. The molecule has 0 fully saturated rings. The Kier molecular flexibility index (Phi) is 3.62. The standard InChI is InChI=1S/C15H14N2O3S/c1-20-11-6-13(21-9-11)15(19)17-7-10-4-2-3-5-12(10)16-14(18)8-17/h2-6,9H,7-8H2,1H3,(H,16,18). The van der Waals surface area contributed by atoms with Crippen molar-refractivity contribution in [1.82, 2.24) is 4.90 Å². The molecule has 0 unspecified atom stereocenters. The maximum absolute atomic E-state index is 12.5. The highest BCUT2D eigenvalue weighted by molar-refractivity contribution is 7.12. The Bertz CT molecular complexity index is 696. The van der Waals surface area contributed by atoms with Gasteiger partial charge in [0.2, 0.25) is 5.91 Å². The number of amides is 2. The summed E-state index contributed by atoms with van der Waals surface area (Å²) in [4.78, 5) is 26.6. The summed E-state index contributed by atoms with van der Waals surface area (Å²) in [5.74, 6) is 0.315. The van der Waals surface area contributed by atoms with Gasteiger partial charge in [-0.15, -0.1) is 11.3 Å². The minimum absolute atomic E-state index is 0.0493. The van der Waals surface area contributed by atoms with E-state index in [-0.39, 0.29) is 18.4 Å². The van der Waals surface area contributed by atoms with Crippen LogP contribution in [0.4, 0.5) is 5.69 Å². The number of hydrogen-bond acceptors (Lipinski definition) is 4. The molecule has 1 aliphatic rings. The van der Waals surface area contributed by atoms with Crippen LogP contribution in [0.5, 0.6) is 5.75 Å². The zero-order valence-electron chi connectivity index (χ0n) is 11.5. The Morgan fingerprint density at radius 2 is 2.14 bits per heavy atom. The van der Waals surface area contributed by atoms with Crippen molar-refractivity contribution in [1.29, 1.82) is 0 Å². The molecule has 0 spiro atoms. The first-order chi connectivity index (χ1) is 10.2. The molecule has 1 aliphatic heterocycles. The summed E-state index contributed by atoms with van der Waals surface area (Å²) in [6.07, 6.45) is 0. The van der Waals surface area contributed by atoms with Gasteiger partial charge < -0.3 is 15.0 Å². The van der Waals surface area contributed by atoms with Crippen LogP contribution in [-0.2, 0) is 11.3 Å². The molecule has 0 bridgehead atoms. The van der Waals surface area contributed by atoms with Gasteiger partial charge in [0.1, 0.15) is 12.3 Å². The number of hydrogen-bond donors (Lipinski definition) is 1. The Balaban J connectivity index is 1.88. The van der Waals surface area contributed by atoms with Crippen molar-refractivity contribution in [3.8, 4) is 5.75 Å². The average Bonchev–Trinajstić information content (AvgIpc) is 2.89. The molecule has 6 heteroatoms. The van der Waals surface area contributed by atoms with Gasteiger partial charge in [0, 0.05) is 23.7 Å². The van der Waals surface area contributed by atoms with Crippen LogP contribution in [0.3, 0.4) is 0 Å². The number of ether oxygens (including phenoxy) is 1.